The van der Waals surface area contributed by atoms with E-state index in [1.165, 1.54) is 0 Å². The maximum Gasteiger partial charge on any atom is 0.130 e. The molecule has 2 unspecified atom stereocenters. The summed E-state index contributed by atoms with van der Waals surface area (Å²) in [5, 5.41) is 15.1. The topological polar surface area (TPSA) is 47.3 Å². The highest BCUT2D eigenvalue weighted by atomic mass is 35.5. The number of hydrogen-bond donors (Lipinski definition) is 1. The Kier molecular flexibility index (Phi) is 3.21. The molecule has 5 heteroatoms. The zero-order valence-electron chi connectivity index (χ0n) is 10.6. The highest BCUT2D eigenvalue weighted by Crippen LogP contribution is 2.41. The Morgan fingerprint density at radius 3 is 3.11 bits per heavy atom. The molecule has 0 spiro atoms. The molecular formula is C14H15ClN2O2. The molecule has 0 amide bonds. The second-order valence-electron chi connectivity index (χ2n) is 4.67. The molecule has 2 aromatic rings. The average Bonchev–Trinajstić information content (AvgIpc) is 2.88. The van der Waals surface area contributed by atoms with Gasteiger partial charge in [0.05, 0.1) is 12.3 Å². The minimum Gasteiger partial charge on any atom is -0.485 e. The lowest BCUT2D eigenvalue weighted by Gasteiger charge is -2.29. The van der Waals surface area contributed by atoms with Crippen LogP contribution in [0.3, 0.4) is 0 Å². The van der Waals surface area contributed by atoms with Crippen molar-refractivity contribution in [1.29, 1.82) is 0 Å². The molecule has 4 nitrogen and oxygen atoms in total. The maximum atomic E-state index is 10.2. The standard InChI is InChI=1S/C14H15ClN2O2/c1-2-17-8-9(7-16-17)14-6-12(18)11-5-10(15)3-4-13(11)19-14/h3-5,7-8,12,14,18H,2,6H2,1H3. The summed E-state index contributed by atoms with van der Waals surface area (Å²) in [5.41, 5.74) is 1.74. The molecular weight excluding hydrogens is 264 g/mol. The van der Waals surface area contributed by atoms with Crippen LogP contribution in [0.15, 0.2) is 30.6 Å². The monoisotopic (exact) mass is 278 g/mol. The van der Waals surface area contributed by atoms with Crippen LogP contribution in [-0.4, -0.2) is 14.9 Å². The second-order valence-corrected chi connectivity index (χ2v) is 5.11. The Morgan fingerprint density at radius 2 is 2.37 bits per heavy atom. The van der Waals surface area contributed by atoms with Crippen molar-refractivity contribution in [3.05, 3.63) is 46.7 Å². The van der Waals surface area contributed by atoms with E-state index >= 15 is 0 Å². The normalized spacial score (nSPS) is 21.8. The first-order valence-electron chi connectivity index (χ1n) is 6.34. The molecule has 1 aliphatic heterocycles. The number of benzene rings is 1. The number of aromatic nitrogens is 2. The van der Waals surface area contributed by atoms with Gasteiger partial charge in [0.2, 0.25) is 0 Å². The smallest absolute Gasteiger partial charge is 0.130 e. The summed E-state index contributed by atoms with van der Waals surface area (Å²) in [6.45, 7) is 2.85. The molecule has 0 radical (unpaired) electrons. The fraction of sp³-hybridized carbons (Fsp3) is 0.357. The van der Waals surface area contributed by atoms with Gasteiger partial charge in [-0.05, 0) is 25.1 Å². The number of aliphatic hydroxyl groups excluding tert-OH is 1. The Bertz CT molecular complexity index is 597. The third-order valence-electron chi connectivity index (χ3n) is 3.39. The van der Waals surface area contributed by atoms with Gasteiger partial charge < -0.3 is 9.84 Å². The summed E-state index contributed by atoms with van der Waals surface area (Å²) >= 11 is 5.94. The molecule has 2 atom stereocenters. The van der Waals surface area contributed by atoms with Crippen molar-refractivity contribution in [2.45, 2.75) is 32.1 Å². The molecule has 19 heavy (non-hydrogen) atoms. The first-order chi connectivity index (χ1) is 9.17. The SMILES string of the molecule is CCn1cc(C2CC(O)c3cc(Cl)ccc3O2)cn1. The van der Waals surface area contributed by atoms with Crippen molar-refractivity contribution in [3.8, 4) is 5.75 Å². The molecule has 0 fully saturated rings. The summed E-state index contributed by atoms with van der Waals surface area (Å²) in [5.74, 6) is 0.692. The summed E-state index contributed by atoms with van der Waals surface area (Å²) in [7, 11) is 0. The van der Waals surface area contributed by atoms with E-state index in [1.807, 2.05) is 17.8 Å². The predicted molar refractivity (Wildman–Crippen MR) is 72.3 cm³/mol. The molecule has 1 aliphatic rings. The highest BCUT2D eigenvalue weighted by molar-refractivity contribution is 6.30. The molecule has 100 valence electrons. The van der Waals surface area contributed by atoms with Gasteiger partial charge in [-0.3, -0.25) is 4.68 Å². The van der Waals surface area contributed by atoms with Gasteiger partial charge in [0, 0.05) is 35.3 Å². The zero-order valence-corrected chi connectivity index (χ0v) is 11.3. The number of aliphatic hydroxyl groups is 1. The van der Waals surface area contributed by atoms with E-state index in [0.29, 0.717) is 17.2 Å². The van der Waals surface area contributed by atoms with Crippen LogP contribution < -0.4 is 4.74 Å². The summed E-state index contributed by atoms with van der Waals surface area (Å²) in [4.78, 5) is 0. The van der Waals surface area contributed by atoms with Gasteiger partial charge in [0.15, 0.2) is 0 Å². The zero-order chi connectivity index (χ0) is 13.4. The fourth-order valence-electron chi connectivity index (χ4n) is 2.34. The van der Waals surface area contributed by atoms with Crippen LogP contribution in [0.2, 0.25) is 5.02 Å². The quantitative estimate of drug-likeness (QED) is 0.918. The van der Waals surface area contributed by atoms with Gasteiger partial charge in [-0.25, -0.2) is 0 Å². The van der Waals surface area contributed by atoms with Crippen molar-refractivity contribution in [2.24, 2.45) is 0 Å². The van der Waals surface area contributed by atoms with Crippen LogP contribution in [-0.2, 0) is 6.54 Å². The number of fused-ring (bicyclic) bond motifs is 1. The van der Waals surface area contributed by atoms with E-state index in [2.05, 4.69) is 5.10 Å². The van der Waals surface area contributed by atoms with Gasteiger partial charge in [0.1, 0.15) is 11.9 Å². The first kappa shape index (κ1) is 12.5. The molecule has 0 aliphatic carbocycles. The number of halogens is 1. The Hall–Kier alpha value is -1.52. The molecule has 0 bridgehead atoms. The lowest BCUT2D eigenvalue weighted by atomic mass is 9.96. The van der Waals surface area contributed by atoms with E-state index in [0.717, 1.165) is 17.7 Å². The first-order valence-corrected chi connectivity index (χ1v) is 6.71. The lowest BCUT2D eigenvalue weighted by molar-refractivity contribution is 0.0657. The number of nitrogens with zero attached hydrogens (tertiary/aromatic N) is 2. The minimum absolute atomic E-state index is 0.163. The van der Waals surface area contributed by atoms with E-state index in [9.17, 15) is 5.11 Å². The third kappa shape index (κ3) is 2.33. The van der Waals surface area contributed by atoms with Crippen LogP contribution in [0.4, 0.5) is 0 Å². The summed E-state index contributed by atoms with van der Waals surface area (Å²) in [6, 6.07) is 5.33. The van der Waals surface area contributed by atoms with E-state index in [-0.39, 0.29) is 6.10 Å². The Morgan fingerprint density at radius 1 is 1.53 bits per heavy atom. The second kappa shape index (κ2) is 4.87. The molecule has 1 aromatic heterocycles. The van der Waals surface area contributed by atoms with Gasteiger partial charge in [-0.2, -0.15) is 5.10 Å². The summed E-state index contributed by atoms with van der Waals surface area (Å²) < 4.78 is 7.78. The van der Waals surface area contributed by atoms with Crippen LogP contribution in [0, 0.1) is 0 Å². The van der Waals surface area contributed by atoms with Crippen molar-refractivity contribution in [1.82, 2.24) is 9.78 Å². The molecule has 3 rings (SSSR count). The fourth-order valence-corrected chi connectivity index (χ4v) is 2.52. The number of aryl methyl sites for hydroxylation is 1. The van der Waals surface area contributed by atoms with Crippen LogP contribution >= 0.6 is 11.6 Å². The van der Waals surface area contributed by atoms with Crippen molar-refractivity contribution >= 4 is 11.6 Å². The maximum absolute atomic E-state index is 10.2. The summed E-state index contributed by atoms with van der Waals surface area (Å²) in [6.07, 6.45) is 3.55. The van der Waals surface area contributed by atoms with Crippen LogP contribution in [0.1, 0.15) is 36.7 Å². The van der Waals surface area contributed by atoms with Crippen molar-refractivity contribution in [3.63, 3.8) is 0 Å². The Labute approximate surface area is 116 Å². The highest BCUT2D eigenvalue weighted by Gasteiger charge is 2.28. The van der Waals surface area contributed by atoms with E-state index < -0.39 is 6.10 Å². The van der Waals surface area contributed by atoms with Gasteiger partial charge in [-0.1, -0.05) is 11.6 Å². The van der Waals surface area contributed by atoms with Crippen molar-refractivity contribution in [2.75, 3.05) is 0 Å². The largest absolute Gasteiger partial charge is 0.485 e. The van der Waals surface area contributed by atoms with Gasteiger partial charge in [-0.15, -0.1) is 0 Å². The Balaban J connectivity index is 1.90. The number of hydrogen-bond acceptors (Lipinski definition) is 3. The number of ether oxygens (including phenoxy) is 1. The minimum atomic E-state index is -0.558. The predicted octanol–water partition coefficient (Wildman–Crippen LogP) is 3.11. The van der Waals surface area contributed by atoms with Gasteiger partial charge >= 0.3 is 0 Å². The molecule has 0 saturated heterocycles. The lowest BCUT2D eigenvalue weighted by Crippen LogP contribution is -2.18. The number of rotatable bonds is 2. The van der Waals surface area contributed by atoms with E-state index in [1.54, 1.807) is 24.4 Å². The van der Waals surface area contributed by atoms with Crippen LogP contribution in [0.25, 0.3) is 0 Å². The van der Waals surface area contributed by atoms with Gasteiger partial charge in [0.25, 0.3) is 0 Å². The molecule has 0 saturated carbocycles. The van der Waals surface area contributed by atoms with Crippen molar-refractivity contribution < 1.29 is 9.84 Å². The molecule has 2 heterocycles. The molecule has 1 aromatic carbocycles. The van der Waals surface area contributed by atoms with Crippen LogP contribution in [0.5, 0.6) is 5.75 Å². The third-order valence-corrected chi connectivity index (χ3v) is 3.62. The molecule has 1 N–H and O–H groups in total. The average molecular weight is 279 g/mol. The van der Waals surface area contributed by atoms with E-state index in [4.69, 9.17) is 16.3 Å².